The van der Waals surface area contributed by atoms with Crippen LogP contribution in [0.15, 0.2) is 24.7 Å². The van der Waals surface area contributed by atoms with E-state index in [1.807, 2.05) is 26.4 Å². The summed E-state index contributed by atoms with van der Waals surface area (Å²) in [6.45, 7) is 5.09. The molecule has 0 aliphatic heterocycles. The molecule has 2 aromatic rings. The van der Waals surface area contributed by atoms with Crippen LogP contribution in [0.1, 0.15) is 36.1 Å². The highest BCUT2D eigenvalue weighted by atomic mass is 15.2. The van der Waals surface area contributed by atoms with E-state index < -0.39 is 0 Å². The molecule has 2 heterocycles. The van der Waals surface area contributed by atoms with Gasteiger partial charge in [0.2, 0.25) is 0 Å². The van der Waals surface area contributed by atoms with Crippen LogP contribution in [-0.4, -0.2) is 21.3 Å². The molecule has 0 aliphatic rings. The average Bonchev–Trinajstić information content (AvgIpc) is 2.80. The molecule has 19 heavy (non-hydrogen) atoms. The Bertz CT molecular complexity index is 547. The lowest BCUT2D eigenvalue weighted by Crippen LogP contribution is -2.24. The van der Waals surface area contributed by atoms with E-state index in [1.54, 1.807) is 10.9 Å². The molecule has 2 rings (SSSR count). The Morgan fingerprint density at radius 1 is 1.42 bits per heavy atom. The van der Waals surface area contributed by atoms with Gasteiger partial charge in [-0.1, -0.05) is 6.92 Å². The first kappa shape index (κ1) is 13.5. The van der Waals surface area contributed by atoms with Crippen LogP contribution in [0.25, 0.3) is 0 Å². The SMILES string of the molecule is CCCNC(c1cnn(C)c1)c1cc(C)cnc1N. The number of anilines is 1. The largest absolute Gasteiger partial charge is 0.383 e. The highest BCUT2D eigenvalue weighted by Gasteiger charge is 2.18. The third-order valence-corrected chi connectivity index (χ3v) is 3.05. The maximum atomic E-state index is 6.03. The second kappa shape index (κ2) is 5.84. The van der Waals surface area contributed by atoms with E-state index in [-0.39, 0.29) is 6.04 Å². The number of pyridine rings is 1. The first-order valence-electron chi connectivity index (χ1n) is 6.55. The highest BCUT2D eigenvalue weighted by molar-refractivity contribution is 5.46. The molecule has 5 heteroatoms. The lowest BCUT2D eigenvalue weighted by Gasteiger charge is -2.19. The standard InChI is InChI=1S/C14H21N5/c1-4-5-16-13(11-8-18-19(3)9-11)12-6-10(2)7-17-14(12)15/h6-9,13,16H,4-5H2,1-3H3,(H2,15,17). The molecule has 102 valence electrons. The summed E-state index contributed by atoms with van der Waals surface area (Å²) in [5.74, 6) is 0.572. The molecule has 0 aromatic carbocycles. The zero-order chi connectivity index (χ0) is 13.8. The Kier molecular flexibility index (Phi) is 4.16. The van der Waals surface area contributed by atoms with Crippen LogP contribution in [-0.2, 0) is 7.05 Å². The third-order valence-electron chi connectivity index (χ3n) is 3.05. The van der Waals surface area contributed by atoms with Crippen LogP contribution in [0.2, 0.25) is 0 Å². The first-order chi connectivity index (χ1) is 9.11. The van der Waals surface area contributed by atoms with Gasteiger partial charge in [0.15, 0.2) is 0 Å². The molecular formula is C14H21N5. The van der Waals surface area contributed by atoms with Crippen LogP contribution in [0.4, 0.5) is 5.82 Å². The minimum atomic E-state index is 0.0426. The zero-order valence-corrected chi connectivity index (χ0v) is 11.7. The van der Waals surface area contributed by atoms with Crippen molar-refractivity contribution in [3.8, 4) is 0 Å². The summed E-state index contributed by atoms with van der Waals surface area (Å²) in [4.78, 5) is 4.25. The van der Waals surface area contributed by atoms with Gasteiger partial charge in [-0.2, -0.15) is 5.10 Å². The second-order valence-corrected chi connectivity index (χ2v) is 4.82. The fourth-order valence-electron chi connectivity index (χ4n) is 2.12. The number of hydrogen-bond acceptors (Lipinski definition) is 4. The van der Waals surface area contributed by atoms with Crippen LogP contribution in [0, 0.1) is 6.92 Å². The van der Waals surface area contributed by atoms with Crippen molar-refractivity contribution in [2.45, 2.75) is 26.3 Å². The highest BCUT2D eigenvalue weighted by Crippen LogP contribution is 2.26. The minimum Gasteiger partial charge on any atom is -0.383 e. The van der Waals surface area contributed by atoms with Gasteiger partial charge in [0, 0.05) is 30.6 Å². The van der Waals surface area contributed by atoms with Crippen molar-refractivity contribution in [1.29, 1.82) is 0 Å². The predicted molar refractivity (Wildman–Crippen MR) is 76.7 cm³/mol. The summed E-state index contributed by atoms with van der Waals surface area (Å²) < 4.78 is 1.80. The predicted octanol–water partition coefficient (Wildman–Crippen LogP) is 1.79. The first-order valence-corrected chi connectivity index (χ1v) is 6.55. The van der Waals surface area contributed by atoms with Gasteiger partial charge in [-0.25, -0.2) is 4.98 Å². The van der Waals surface area contributed by atoms with Crippen LogP contribution in [0.5, 0.6) is 0 Å². The van der Waals surface area contributed by atoms with Crippen LogP contribution < -0.4 is 11.1 Å². The molecule has 1 unspecified atom stereocenters. The topological polar surface area (TPSA) is 68.8 Å². The lowest BCUT2D eigenvalue weighted by molar-refractivity contribution is 0.597. The zero-order valence-electron chi connectivity index (χ0n) is 11.7. The number of hydrogen-bond donors (Lipinski definition) is 2. The number of aryl methyl sites for hydroxylation is 2. The van der Waals surface area contributed by atoms with E-state index in [4.69, 9.17) is 5.73 Å². The molecule has 0 saturated heterocycles. The van der Waals surface area contributed by atoms with Crippen molar-refractivity contribution in [2.24, 2.45) is 7.05 Å². The fourth-order valence-corrected chi connectivity index (χ4v) is 2.12. The number of nitrogens with zero attached hydrogens (tertiary/aromatic N) is 3. The van der Waals surface area contributed by atoms with Crippen molar-refractivity contribution >= 4 is 5.82 Å². The van der Waals surface area contributed by atoms with Crippen LogP contribution in [0.3, 0.4) is 0 Å². The second-order valence-electron chi connectivity index (χ2n) is 4.82. The van der Waals surface area contributed by atoms with Crippen molar-refractivity contribution in [3.63, 3.8) is 0 Å². The Morgan fingerprint density at radius 2 is 2.21 bits per heavy atom. The number of nitrogens with two attached hydrogens (primary N) is 1. The molecule has 2 aromatic heterocycles. The van der Waals surface area contributed by atoms with Crippen molar-refractivity contribution in [2.75, 3.05) is 12.3 Å². The van der Waals surface area contributed by atoms with E-state index in [2.05, 4.69) is 28.4 Å². The fraction of sp³-hybridized carbons (Fsp3) is 0.429. The molecule has 0 aliphatic carbocycles. The maximum absolute atomic E-state index is 6.03. The summed E-state index contributed by atoms with van der Waals surface area (Å²) in [7, 11) is 1.91. The molecule has 3 N–H and O–H groups in total. The van der Waals surface area contributed by atoms with Gasteiger partial charge in [0.1, 0.15) is 5.82 Å². The monoisotopic (exact) mass is 259 g/mol. The number of rotatable bonds is 5. The van der Waals surface area contributed by atoms with E-state index in [0.717, 1.165) is 29.7 Å². The van der Waals surface area contributed by atoms with E-state index in [0.29, 0.717) is 5.82 Å². The van der Waals surface area contributed by atoms with E-state index in [9.17, 15) is 0 Å². The molecule has 0 bridgehead atoms. The summed E-state index contributed by atoms with van der Waals surface area (Å²) >= 11 is 0. The molecular weight excluding hydrogens is 238 g/mol. The van der Waals surface area contributed by atoms with E-state index >= 15 is 0 Å². The van der Waals surface area contributed by atoms with Gasteiger partial charge < -0.3 is 11.1 Å². The summed E-state index contributed by atoms with van der Waals surface area (Å²) in [6, 6.07) is 2.13. The van der Waals surface area contributed by atoms with Crippen LogP contribution >= 0.6 is 0 Å². The Labute approximate surface area is 113 Å². The summed E-state index contributed by atoms with van der Waals surface area (Å²) in [5, 5.41) is 7.75. The smallest absolute Gasteiger partial charge is 0.128 e. The maximum Gasteiger partial charge on any atom is 0.128 e. The summed E-state index contributed by atoms with van der Waals surface area (Å²) in [5.41, 5.74) is 9.26. The van der Waals surface area contributed by atoms with Gasteiger partial charge in [-0.15, -0.1) is 0 Å². The van der Waals surface area contributed by atoms with Gasteiger partial charge >= 0.3 is 0 Å². The van der Waals surface area contributed by atoms with Crippen molar-refractivity contribution in [3.05, 3.63) is 41.3 Å². The molecule has 5 nitrogen and oxygen atoms in total. The average molecular weight is 259 g/mol. The Morgan fingerprint density at radius 3 is 2.84 bits per heavy atom. The number of nitrogen functional groups attached to an aromatic ring is 1. The normalized spacial score (nSPS) is 12.6. The molecule has 0 radical (unpaired) electrons. The number of aromatic nitrogens is 3. The Balaban J connectivity index is 2.39. The quantitative estimate of drug-likeness (QED) is 0.859. The minimum absolute atomic E-state index is 0.0426. The molecule has 0 spiro atoms. The Hall–Kier alpha value is -1.88. The van der Waals surface area contributed by atoms with Gasteiger partial charge in [-0.05, 0) is 31.5 Å². The molecule has 0 fully saturated rings. The van der Waals surface area contributed by atoms with E-state index in [1.165, 1.54) is 0 Å². The third kappa shape index (κ3) is 3.12. The van der Waals surface area contributed by atoms with Gasteiger partial charge in [0.05, 0.1) is 12.2 Å². The van der Waals surface area contributed by atoms with Crippen molar-refractivity contribution in [1.82, 2.24) is 20.1 Å². The molecule has 0 amide bonds. The van der Waals surface area contributed by atoms with Gasteiger partial charge in [-0.3, -0.25) is 4.68 Å². The molecule has 0 saturated carbocycles. The lowest BCUT2D eigenvalue weighted by atomic mass is 10.0. The van der Waals surface area contributed by atoms with Gasteiger partial charge in [0.25, 0.3) is 0 Å². The van der Waals surface area contributed by atoms with Crippen molar-refractivity contribution < 1.29 is 0 Å². The number of nitrogens with one attached hydrogen (secondary N) is 1. The molecule has 1 atom stereocenters. The summed E-state index contributed by atoms with van der Waals surface area (Å²) in [6.07, 6.45) is 6.74.